The molecule has 0 radical (unpaired) electrons. The van der Waals surface area contributed by atoms with E-state index in [1.54, 1.807) is 6.07 Å². The number of alkyl halides is 3. The highest BCUT2D eigenvalue weighted by Crippen LogP contribution is 2.15. The summed E-state index contributed by atoms with van der Waals surface area (Å²) in [6.07, 6.45) is -4.26. The van der Waals surface area contributed by atoms with Crippen molar-refractivity contribution >= 4 is 5.69 Å². The molecular weight excluding hydrogens is 245 g/mol. The number of likely N-dealkylation sites (N-methyl/N-ethyl adjacent to an activating group) is 1. The molecule has 0 spiro atoms. The summed E-state index contributed by atoms with van der Waals surface area (Å²) in [5, 5.41) is 0. The van der Waals surface area contributed by atoms with Crippen LogP contribution in [0.15, 0.2) is 24.3 Å². The van der Waals surface area contributed by atoms with Crippen LogP contribution in [0.5, 0.6) is 0 Å². The number of nitrogens with two attached hydrogens (primary N) is 1. The monoisotopic (exact) mass is 262 g/mol. The minimum Gasteiger partial charge on any atom is -0.398 e. The van der Waals surface area contributed by atoms with Crippen LogP contribution in [0.1, 0.15) is 5.56 Å². The summed E-state index contributed by atoms with van der Waals surface area (Å²) >= 11 is 0. The van der Waals surface area contributed by atoms with Gasteiger partial charge in [0, 0.05) is 18.8 Å². The zero-order valence-corrected chi connectivity index (χ0v) is 10.2. The Labute approximate surface area is 104 Å². The first-order valence-corrected chi connectivity index (χ1v) is 5.55. The lowest BCUT2D eigenvalue weighted by Gasteiger charge is -2.18. The molecule has 1 aromatic rings. The summed E-state index contributed by atoms with van der Waals surface area (Å²) in [7, 11) is 1.81. The van der Waals surface area contributed by atoms with Crippen molar-refractivity contribution in [2.45, 2.75) is 12.7 Å². The van der Waals surface area contributed by atoms with E-state index >= 15 is 0 Å². The number of hydrogen-bond donors (Lipinski definition) is 1. The Balaban J connectivity index is 2.26. The molecule has 2 N–H and O–H groups in total. The van der Waals surface area contributed by atoms with E-state index in [-0.39, 0.29) is 6.61 Å². The van der Waals surface area contributed by atoms with E-state index in [4.69, 9.17) is 5.73 Å². The quantitative estimate of drug-likeness (QED) is 0.631. The maximum absolute atomic E-state index is 11.8. The fourth-order valence-corrected chi connectivity index (χ4v) is 1.46. The van der Waals surface area contributed by atoms with E-state index in [1.165, 1.54) is 0 Å². The highest BCUT2D eigenvalue weighted by atomic mass is 19.4. The fraction of sp³-hybridized carbons (Fsp3) is 0.500. The van der Waals surface area contributed by atoms with Crippen molar-refractivity contribution in [3.05, 3.63) is 29.8 Å². The van der Waals surface area contributed by atoms with E-state index < -0.39 is 12.8 Å². The van der Waals surface area contributed by atoms with Gasteiger partial charge in [0.05, 0.1) is 6.61 Å². The van der Waals surface area contributed by atoms with Gasteiger partial charge in [-0.05, 0) is 18.7 Å². The molecule has 0 heterocycles. The first-order chi connectivity index (χ1) is 8.38. The van der Waals surface area contributed by atoms with Gasteiger partial charge < -0.3 is 10.5 Å². The third-order valence-corrected chi connectivity index (χ3v) is 2.38. The lowest BCUT2D eigenvalue weighted by molar-refractivity contribution is -0.174. The molecule has 0 fully saturated rings. The first-order valence-electron chi connectivity index (χ1n) is 5.55. The highest BCUT2D eigenvalue weighted by molar-refractivity contribution is 5.46. The van der Waals surface area contributed by atoms with E-state index in [2.05, 4.69) is 4.74 Å². The number of halogens is 3. The van der Waals surface area contributed by atoms with Crippen LogP contribution in [-0.2, 0) is 11.3 Å². The van der Waals surface area contributed by atoms with Crippen molar-refractivity contribution < 1.29 is 17.9 Å². The van der Waals surface area contributed by atoms with Crippen molar-refractivity contribution in [1.29, 1.82) is 0 Å². The van der Waals surface area contributed by atoms with Crippen molar-refractivity contribution in [1.82, 2.24) is 4.90 Å². The Morgan fingerprint density at radius 3 is 2.56 bits per heavy atom. The molecule has 18 heavy (non-hydrogen) atoms. The third kappa shape index (κ3) is 5.88. The van der Waals surface area contributed by atoms with Gasteiger partial charge in [0.2, 0.25) is 0 Å². The molecule has 0 atom stereocenters. The molecule has 102 valence electrons. The van der Waals surface area contributed by atoms with Gasteiger partial charge in [0.15, 0.2) is 0 Å². The van der Waals surface area contributed by atoms with Gasteiger partial charge >= 0.3 is 6.18 Å². The molecule has 0 saturated carbocycles. The molecule has 0 amide bonds. The second kappa shape index (κ2) is 6.61. The minimum absolute atomic E-state index is 0.0444. The van der Waals surface area contributed by atoms with Crippen LogP contribution in [0, 0.1) is 0 Å². The van der Waals surface area contributed by atoms with Crippen LogP contribution in [0.2, 0.25) is 0 Å². The Bertz CT molecular complexity index is 369. The summed E-state index contributed by atoms with van der Waals surface area (Å²) in [4.78, 5) is 1.86. The molecule has 0 aromatic heterocycles. The lowest BCUT2D eigenvalue weighted by atomic mass is 10.2. The van der Waals surface area contributed by atoms with Gasteiger partial charge in [-0.1, -0.05) is 18.2 Å². The Morgan fingerprint density at radius 1 is 1.28 bits per heavy atom. The molecule has 1 aromatic carbocycles. The molecule has 0 aliphatic heterocycles. The minimum atomic E-state index is -4.26. The predicted octanol–water partition coefficient (Wildman–Crippen LogP) is 2.28. The number of rotatable bonds is 6. The van der Waals surface area contributed by atoms with Crippen LogP contribution in [0.3, 0.4) is 0 Å². The summed E-state index contributed by atoms with van der Waals surface area (Å²) in [5.41, 5.74) is 7.41. The average molecular weight is 262 g/mol. The molecule has 0 saturated heterocycles. The number of nitrogen functional groups attached to an aromatic ring is 1. The standard InChI is InChI=1S/C12H17F3N2O/c1-17(6-7-18-9-12(13,14)15)8-10-4-2-3-5-11(10)16/h2-5H,6-9,16H2,1H3. The van der Waals surface area contributed by atoms with Crippen LogP contribution < -0.4 is 5.73 Å². The zero-order valence-electron chi connectivity index (χ0n) is 10.2. The fourth-order valence-electron chi connectivity index (χ4n) is 1.46. The van der Waals surface area contributed by atoms with E-state index in [1.807, 2.05) is 30.1 Å². The number of ether oxygens (including phenoxy) is 1. The number of anilines is 1. The maximum Gasteiger partial charge on any atom is 0.411 e. The number of nitrogens with zero attached hydrogens (tertiary/aromatic N) is 1. The Kier molecular flexibility index (Phi) is 5.43. The van der Waals surface area contributed by atoms with Crippen molar-refractivity contribution in [2.75, 3.05) is 32.5 Å². The normalized spacial score (nSPS) is 12.1. The van der Waals surface area contributed by atoms with Crippen molar-refractivity contribution in [3.8, 4) is 0 Å². The summed E-state index contributed by atoms with van der Waals surface area (Å²) in [6.45, 7) is -0.149. The van der Waals surface area contributed by atoms with E-state index in [0.717, 1.165) is 5.56 Å². The molecule has 0 aliphatic rings. The van der Waals surface area contributed by atoms with Gasteiger partial charge in [-0.15, -0.1) is 0 Å². The third-order valence-electron chi connectivity index (χ3n) is 2.38. The molecule has 3 nitrogen and oxygen atoms in total. The molecular formula is C12H17F3N2O. The second-order valence-electron chi connectivity index (χ2n) is 4.10. The molecule has 6 heteroatoms. The smallest absolute Gasteiger partial charge is 0.398 e. The summed E-state index contributed by atoms with van der Waals surface area (Å²) in [5.74, 6) is 0. The van der Waals surface area contributed by atoms with Gasteiger partial charge in [0.1, 0.15) is 6.61 Å². The van der Waals surface area contributed by atoms with Crippen LogP contribution in [0.4, 0.5) is 18.9 Å². The summed E-state index contributed by atoms with van der Waals surface area (Å²) < 4.78 is 40.0. The number of hydrogen-bond acceptors (Lipinski definition) is 3. The van der Waals surface area contributed by atoms with Gasteiger partial charge in [-0.3, -0.25) is 4.90 Å². The maximum atomic E-state index is 11.8. The highest BCUT2D eigenvalue weighted by Gasteiger charge is 2.27. The van der Waals surface area contributed by atoms with Gasteiger partial charge in [-0.2, -0.15) is 13.2 Å². The van der Waals surface area contributed by atoms with Crippen molar-refractivity contribution in [3.63, 3.8) is 0 Å². The first kappa shape index (κ1) is 14.8. The van der Waals surface area contributed by atoms with Gasteiger partial charge in [0.25, 0.3) is 0 Å². The lowest BCUT2D eigenvalue weighted by Crippen LogP contribution is -2.26. The number of para-hydroxylation sites is 1. The van der Waals surface area contributed by atoms with Gasteiger partial charge in [-0.25, -0.2) is 0 Å². The Hall–Kier alpha value is -1.27. The van der Waals surface area contributed by atoms with Crippen LogP contribution >= 0.6 is 0 Å². The van der Waals surface area contributed by atoms with Crippen LogP contribution in [-0.4, -0.2) is 37.9 Å². The predicted molar refractivity (Wildman–Crippen MR) is 64.1 cm³/mol. The van der Waals surface area contributed by atoms with E-state index in [0.29, 0.717) is 18.8 Å². The topological polar surface area (TPSA) is 38.5 Å². The summed E-state index contributed by atoms with van der Waals surface area (Å²) in [6, 6.07) is 7.40. The second-order valence-corrected chi connectivity index (χ2v) is 4.10. The molecule has 0 aliphatic carbocycles. The van der Waals surface area contributed by atoms with E-state index in [9.17, 15) is 13.2 Å². The number of benzene rings is 1. The SMILES string of the molecule is CN(CCOCC(F)(F)F)Cc1ccccc1N. The molecule has 0 unspecified atom stereocenters. The molecule has 0 bridgehead atoms. The largest absolute Gasteiger partial charge is 0.411 e. The van der Waals surface area contributed by atoms with Crippen LogP contribution in [0.25, 0.3) is 0 Å². The van der Waals surface area contributed by atoms with Crippen molar-refractivity contribution in [2.24, 2.45) is 0 Å². The Morgan fingerprint density at radius 2 is 1.94 bits per heavy atom. The molecule has 1 rings (SSSR count). The average Bonchev–Trinajstić information content (AvgIpc) is 2.26. The zero-order chi connectivity index (χ0) is 13.6.